The van der Waals surface area contributed by atoms with Crippen molar-refractivity contribution in [2.75, 3.05) is 19.8 Å². The van der Waals surface area contributed by atoms with Gasteiger partial charge in [0.25, 0.3) is 0 Å². The highest BCUT2D eigenvalue weighted by atomic mass is 127. The number of nitrogens with one attached hydrogen (secondary N) is 1. The zero-order chi connectivity index (χ0) is 29.1. The fourth-order valence-corrected chi connectivity index (χ4v) is 7.25. The van der Waals surface area contributed by atoms with Gasteiger partial charge in [0.2, 0.25) is 11.8 Å². The number of aryl methyl sites for hydroxylation is 1. The molecule has 1 saturated carbocycles. The van der Waals surface area contributed by atoms with Gasteiger partial charge in [-0.25, -0.2) is 14.6 Å². The molecule has 5 rings (SSSR count). The standard InChI is InChI=1S/C31H40IN3O6/c1-4-39-29(37)25-16-21-17-35(25)28(36)26(20-9-5-6-10-20)34-30(38)40-18-31(2,3)12-7-8-19-14-23-22(24(32)15-19)11-13-33-27(23)41-21/h11,13-15,20-21,25-26H,4-10,12,16-18H2,1-3H3,(H,34,38)/t21-,25+,26+/m1/s1. The van der Waals surface area contributed by atoms with Gasteiger partial charge in [0, 0.05) is 27.0 Å². The number of alkyl carbamates (subject to hydrolysis) is 1. The predicted octanol–water partition coefficient (Wildman–Crippen LogP) is 5.40. The number of nitrogens with zero attached hydrogens (tertiary/aromatic N) is 2. The second kappa shape index (κ2) is 12.7. The summed E-state index contributed by atoms with van der Waals surface area (Å²) in [5, 5.41) is 4.87. The first-order valence-electron chi connectivity index (χ1n) is 14.8. The van der Waals surface area contributed by atoms with Gasteiger partial charge < -0.3 is 24.4 Å². The maximum Gasteiger partial charge on any atom is 0.407 e. The summed E-state index contributed by atoms with van der Waals surface area (Å²) < 4.78 is 18.6. The average molecular weight is 678 g/mol. The van der Waals surface area contributed by atoms with Crippen LogP contribution in [0.25, 0.3) is 10.8 Å². The molecule has 222 valence electrons. The molecular weight excluding hydrogens is 637 g/mol. The minimum atomic E-state index is -0.805. The Kier molecular flexibility index (Phi) is 9.25. The zero-order valence-electron chi connectivity index (χ0n) is 24.1. The number of aromatic nitrogens is 1. The van der Waals surface area contributed by atoms with E-state index < -0.39 is 30.3 Å². The molecule has 3 atom stereocenters. The molecule has 1 N–H and O–H groups in total. The smallest absolute Gasteiger partial charge is 0.407 e. The Morgan fingerprint density at radius 2 is 1.98 bits per heavy atom. The number of cyclic esters (lactones) is 1. The van der Waals surface area contributed by atoms with Crippen molar-refractivity contribution in [1.29, 1.82) is 0 Å². The van der Waals surface area contributed by atoms with Gasteiger partial charge in [-0.15, -0.1) is 0 Å². The molecular formula is C31H40IN3O6. The van der Waals surface area contributed by atoms with E-state index >= 15 is 0 Å². The van der Waals surface area contributed by atoms with Crippen LogP contribution in [0.1, 0.15) is 71.3 Å². The first kappa shape index (κ1) is 29.8. The van der Waals surface area contributed by atoms with Crippen molar-refractivity contribution in [3.63, 3.8) is 0 Å². The van der Waals surface area contributed by atoms with Crippen molar-refractivity contribution in [3.05, 3.63) is 33.5 Å². The van der Waals surface area contributed by atoms with E-state index in [-0.39, 0.29) is 43.4 Å². The van der Waals surface area contributed by atoms with E-state index in [4.69, 9.17) is 14.2 Å². The van der Waals surface area contributed by atoms with Crippen LogP contribution in [0.15, 0.2) is 24.4 Å². The molecule has 2 aromatic rings. The van der Waals surface area contributed by atoms with E-state index in [9.17, 15) is 14.4 Å². The van der Waals surface area contributed by atoms with Crippen LogP contribution in [-0.2, 0) is 25.5 Å². The van der Waals surface area contributed by atoms with Gasteiger partial charge in [-0.2, -0.15) is 0 Å². The third-order valence-electron chi connectivity index (χ3n) is 8.56. The second-order valence-corrected chi connectivity index (χ2v) is 13.4. The Labute approximate surface area is 255 Å². The number of esters is 1. The van der Waals surface area contributed by atoms with E-state index in [1.807, 2.05) is 6.07 Å². The minimum Gasteiger partial charge on any atom is -0.472 e. The Bertz CT molecular complexity index is 1290. The summed E-state index contributed by atoms with van der Waals surface area (Å²) in [7, 11) is 0. The van der Waals surface area contributed by atoms with Gasteiger partial charge >= 0.3 is 12.1 Å². The highest BCUT2D eigenvalue weighted by Gasteiger charge is 2.46. The van der Waals surface area contributed by atoms with Crippen LogP contribution in [0, 0.1) is 14.9 Å². The molecule has 0 unspecified atom stereocenters. The molecule has 4 bridgehead atoms. The summed E-state index contributed by atoms with van der Waals surface area (Å²) >= 11 is 2.35. The van der Waals surface area contributed by atoms with Gasteiger partial charge in [0.1, 0.15) is 18.2 Å². The summed E-state index contributed by atoms with van der Waals surface area (Å²) in [4.78, 5) is 46.4. The highest BCUT2D eigenvalue weighted by molar-refractivity contribution is 14.1. The maximum atomic E-state index is 14.1. The first-order valence-corrected chi connectivity index (χ1v) is 15.9. The van der Waals surface area contributed by atoms with Crippen LogP contribution in [-0.4, -0.2) is 65.8 Å². The minimum absolute atomic E-state index is 0.0169. The molecule has 0 spiro atoms. The lowest BCUT2D eigenvalue weighted by Gasteiger charge is -2.31. The molecule has 1 saturated heterocycles. The Morgan fingerprint density at radius 3 is 2.73 bits per heavy atom. The van der Waals surface area contributed by atoms with E-state index in [1.54, 1.807) is 18.0 Å². The highest BCUT2D eigenvalue weighted by Crippen LogP contribution is 2.34. The molecule has 2 fully saturated rings. The fourth-order valence-electron chi connectivity index (χ4n) is 6.38. The van der Waals surface area contributed by atoms with Gasteiger partial charge in [0.15, 0.2) is 0 Å². The molecule has 1 aromatic heterocycles. The van der Waals surface area contributed by atoms with Gasteiger partial charge in [-0.1, -0.05) is 26.7 Å². The van der Waals surface area contributed by atoms with Gasteiger partial charge in [-0.05, 0) is 96.7 Å². The van der Waals surface area contributed by atoms with E-state index in [0.717, 1.165) is 59.3 Å². The maximum absolute atomic E-state index is 14.1. The number of fused-ring (bicyclic) bond motifs is 3. The summed E-state index contributed by atoms with van der Waals surface area (Å²) in [6, 6.07) is 4.73. The Balaban J connectivity index is 1.52. The van der Waals surface area contributed by atoms with Crippen LogP contribution in [0.3, 0.4) is 0 Å². The third kappa shape index (κ3) is 6.89. The first-order chi connectivity index (χ1) is 19.6. The van der Waals surface area contributed by atoms with Crippen molar-refractivity contribution in [1.82, 2.24) is 15.2 Å². The third-order valence-corrected chi connectivity index (χ3v) is 9.45. The van der Waals surface area contributed by atoms with Crippen molar-refractivity contribution in [2.24, 2.45) is 11.3 Å². The molecule has 2 amide bonds. The van der Waals surface area contributed by atoms with Crippen molar-refractivity contribution in [3.8, 4) is 5.88 Å². The summed E-state index contributed by atoms with van der Waals surface area (Å²) in [5.41, 5.74) is 0.953. The van der Waals surface area contributed by atoms with Gasteiger partial charge in [0.05, 0.1) is 19.8 Å². The number of hydrogen-bond donors (Lipinski definition) is 1. The molecule has 3 aliphatic rings. The van der Waals surface area contributed by atoms with Gasteiger partial charge in [-0.3, -0.25) is 4.79 Å². The number of halogens is 1. The number of pyridine rings is 1. The topological polar surface area (TPSA) is 107 Å². The van der Waals surface area contributed by atoms with Crippen molar-refractivity contribution in [2.45, 2.75) is 90.3 Å². The van der Waals surface area contributed by atoms with Crippen LogP contribution in [0.5, 0.6) is 5.88 Å². The molecule has 9 nitrogen and oxygen atoms in total. The van der Waals surface area contributed by atoms with Crippen molar-refractivity contribution < 1.29 is 28.6 Å². The quantitative estimate of drug-likeness (QED) is 0.343. The van der Waals surface area contributed by atoms with E-state index in [1.165, 1.54) is 5.56 Å². The number of ether oxygens (including phenoxy) is 3. The monoisotopic (exact) mass is 677 g/mol. The zero-order valence-corrected chi connectivity index (χ0v) is 26.3. The predicted molar refractivity (Wildman–Crippen MR) is 163 cm³/mol. The average Bonchev–Trinajstić information content (AvgIpc) is 3.61. The summed E-state index contributed by atoms with van der Waals surface area (Å²) in [6.45, 7) is 6.59. The lowest BCUT2D eigenvalue weighted by molar-refractivity contribution is -0.154. The summed E-state index contributed by atoms with van der Waals surface area (Å²) in [6.07, 6.45) is 7.31. The molecule has 3 heterocycles. The van der Waals surface area contributed by atoms with Crippen LogP contribution in [0.2, 0.25) is 0 Å². The lowest BCUT2D eigenvalue weighted by Crippen LogP contribution is -2.55. The number of hydrogen-bond acceptors (Lipinski definition) is 7. The van der Waals surface area contributed by atoms with Crippen LogP contribution in [0.4, 0.5) is 4.79 Å². The number of carbonyl (C=O) groups excluding carboxylic acids is 3. The van der Waals surface area contributed by atoms with E-state index in [0.29, 0.717) is 5.88 Å². The number of rotatable bonds is 3. The molecule has 10 heteroatoms. The summed E-state index contributed by atoms with van der Waals surface area (Å²) in [5.74, 6) is -0.271. The largest absolute Gasteiger partial charge is 0.472 e. The normalized spacial score (nSPS) is 25.8. The molecule has 2 aliphatic heterocycles. The molecule has 41 heavy (non-hydrogen) atoms. The van der Waals surface area contributed by atoms with Crippen LogP contribution >= 0.6 is 22.6 Å². The SMILES string of the molecule is CCOC(=O)[C@@H]1C[C@@H]2CN1C(=O)[C@H](C1CCCC1)NC(=O)OCC(C)(C)CCCc1cc(I)c3ccnc(c3c1)O2. The Morgan fingerprint density at radius 1 is 1.20 bits per heavy atom. The second-order valence-electron chi connectivity index (χ2n) is 12.3. The number of carbonyl (C=O) groups is 3. The van der Waals surface area contributed by atoms with E-state index in [2.05, 4.69) is 58.9 Å². The molecule has 1 aliphatic carbocycles. The van der Waals surface area contributed by atoms with Crippen molar-refractivity contribution >= 4 is 51.3 Å². The number of amides is 2. The molecule has 0 radical (unpaired) electrons. The fraction of sp³-hybridized carbons (Fsp3) is 0.613. The Hall–Kier alpha value is -2.63. The number of benzene rings is 1. The lowest BCUT2D eigenvalue weighted by atomic mass is 9.87. The molecule has 1 aromatic carbocycles. The van der Waals surface area contributed by atoms with Crippen LogP contribution < -0.4 is 10.1 Å².